The van der Waals surface area contributed by atoms with Crippen molar-refractivity contribution in [3.05, 3.63) is 0 Å². The molecule has 2 heteroatoms. The first-order chi connectivity index (χ1) is 4.36. The Morgan fingerprint density at radius 1 is 1.67 bits per heavy atom. The van der Waals surface area contributed by atoms with Crippen LogP contribution in [0.25, 0.3) is 0 Å². The Morgan fingerprint density at radius 3 is 2.78 bits per heavy atom. The highest BCUT2D eigenvalue weighted by Crippen LogP contribution is 2.22. The highest BCUT2D eigenvalue weighted by Gasteiger charge is 2.22. The van der Waals surface area contributed by atoms with Gasteiger partial charge in [0.1, 0.15) is 0 Å². The van der Waals surface area contributed by atoms with Crippen molar-refractivity contribution in [1.82, 2.24) is 0 Å². The van der Waals surface area contributed by atoms with E-state index in [0.717, 1.165) is 17.9 Å². The zero-order chi connectivity index (χ0) is 6.69. The predicted molar refractivity (Wildman–Crippen MR) is 41.9 cm³/mol. The molecular weight excluding hydrogens is 180 g/mol. The summed E-state index contributed by atoms with van der Waals surface area (Å²) in [6, 6.07) is 0. The van der Waals surface area contributed by atoms with Gasteiger partial charge in [0.25, 0.3) is 0 Å². The third kappa shape index (κ3) is 1.94. The van der Waals surface area contributed by atoms with E-state index in [0.29, 0.717) is 6.10 Å². The summed E-state index contributed by atoms with van der Waals surface area (Å²) in [4.78, 5) is 0. The van der Waals surface area contributed by atoms with Crippen LogP contribution in [0.4, 0.5) is 0 Å². The lowest BCUT2D eigenvalue weighted by molar-refractivity contribution is 0.124. The molecule has 0 saturated carbocycles. The molecule has 1 fully saturated rings. The summed E-state index contributed by atoms with van der Waals surface area (Å²) in [5, 5.41) is 1.00. The minimum absolute atomic E-state index is 0.495. The van der Waals surface area contributed by atoms with Crippen molar-refractivity contribution < 1.29 is 4.74 Å². The van der Waals surface area contributed by atoms with Crippen molar-refractivity contribution in [3.63, 3.8) is 0 Å². The zero-order valence-electron chi connectivity index (χ0n) is 5.77. The summed E-state index contributed by atoms with van der Waals surface area (Å²) in [6.07, 6.45) is 3.01. The lowest BCUT2D eigenvalue weighted by Gasteiger charge is -2.01. The van der Waals surface area contributed by atoms with Gasteiger partial charge in [-0.3, -0.25) is 0 Å². The number of hydrogen-bond donors (Lipinski definition) is 0. The fraction of sp³-hybridized carbons (Fsp3) is 1.00. The van der Waals surface area contributed by atoms with Crippen molar-refractivity contribution in [3.8, 4) is 0 Å². The standard InChI is InChI=1S/C7H13BrO/c1-2-6-3-7(4-8)9-5-6/h6-7H,2-5H2,1H3. The van der Waals surface area contributed by atoms with E-state index < -0.39 is 0 Å². The number of alkyl halides is 1. The number of rotatable bonds is 2. The average molecular weight is 193 g/mol. The van der Waals surface area contributed by atoms with Gasteiger partial charge < -0.3 is 4.74 Å². The third-order valence-electron chi connectivity index (χ3n) is 1.91. The minimum Gasteiger partial charge on any atom is -0.377 e. The molecule has 0 aromatic heterocycles. The van der Waals surface area contributed by atoms with Crippen molar-refractivity contribution in [1.29, 1.82) is 0 Å². The van der Waals surface area contributed by atoms with Gasteiger partial charge in [0.15, 0.2) is 0 Å². The van der Waals surface area contributed by atoms with Crippen LogP contribution in [0.15, 0.2) is 0 Å². The summed E-state index contributed by atoms with van der Waals surface area (Å²) >= 11 is 3.41. The van der Waals surface area contributed by atoms with Crippen molar-refractivity contribution in [2.24, 2.45) is 5.92 Å². The lowest BCUT2D eigenvalue weighted by atomic mass is 10.0. The first kappa shape index (κ1) is 7.55. The first-order valence-corrected chi connectivity index (χ1v) is 4.66. The topological polar surface area (TPSA) is 9.23 Å². The largest absolute Gasteiger partial charge is 0.377 e. The van der Waals surface area contributed by atoms with E-state index in [9.17, 15) is 0 Å². The number of hydrogen-bond acceptors (Lipinski definition) is 1. The Hall–Kier alpha value is 0.440. The van der Waals surface area contributed by atoms with Crippen LogP contribution >= 0.6 is 15.9 Å². The summed E-state index contributed by atoms with van der Waals surface area (Å²) < 4.78 is 5.46. The molecule has 54 valence electrons. The van der Waals surface area contributed by atoms with Gasteiger partial charge in [0.2, 0.25) is 0 Å². The monoisotopic (exact) mass is 192 g/mol. The maximum Gasteiger partial charge on any atom is 0.0675 e. The van der Waals surface area contributed by atoms with Gasteiger partial charge in [-0.1, -0.05) is 29.3 Å². The third-order valence-corrected chi connectivity index (χ3v) is 2.64. The van der Waals surface area contributed by atoms with E-state index >= 15 is 0 Å². The quantitative estimate of drug-likeness (QED) is 0.611. The van der Waals surface area contributed by atoms with Crippen LogP contribution in [-0.2, 0) is 4.74 Å². The second-order valence-corrected chi connectivity index (χ2v) is 3.27. The number of halogens is 1. The second kappa shape index (κ2) is 3.57. The summed E-state index contributed by atoms with van der Waals surface area (Å²) in [5.41, 5.74) is 0. The van der Waals surface area contributed by atoms with E-state index in [1.54, 1.807) is 0 Å². The highest BCUT2D eigenvalue weighted by molar-refractivity contribution is 9.09. The fourth-order valence-electron chi connectivity index (χ4n) is 1.17. The predicted octanol–water partition coefficient (Wildman–Crippen LogP) is 2.20. The van der Waals surface area contributed by atoms with Gasteiger partial charge in [-0.15, -0.1) is 0 Å². The van der Waals surface area contributed by atoms with E-state index in [-0.39, 0.29) is 0 Å². The SMILES string of the molecule is CCC1COC(CBr)C1. The summed E-state index contributed by atoms with van der Waals surface area (Å²) in [6.45, 7) is 3.21. The van der Waals surface area contributed by atoms with Crippen LogP contribution in [0.5, 0.6) is 0 Å². The van der Waals surface area contributed by atoms with Gasteiger partial charge >= 0.3 is 0 Å². The first-order valence-electron chi connectivity index (χ1n) is 3.54. The number of ether oxygens (including phenoxy) is 1. The maximum atomic E-state index is 5.46. The molecule has 1 heterocycles. The van der Waals surface area contributed by atoms with Crippen LogP contribution in [0, 0.1) is 5.92 Å². The van der Waals surface area contributed by atoms with Gasteiger partial charge in [0, 0.05) is 11.9 Å². The molecule has 2 atom stereocenters. The molecule has 0 amide bonds. The van der Waals surface area contributed by atoms with E-state index in [1.807, 2.05) is 0 Å². The Morgan fingerprint density at radius 2 is 2.44 bits per heavy atom. The Balaban J connectivity index is 2.20. The molecule has 1 saturated heterocycles. The molecule has 1 aliphatic rings. The molecule has 0 aromatic rings. The Labute approximate surface area is 64.9 Å². The lowest BCUT2D eigenvalue weighted by Crippen LogP contribution is -2.05. The second-order valence-electron chi connectivity index (χ2n) is 2.62. The molecule has 0 spiro atoms. The average Bonchev–Trinajstić information content (AvgIpc) is 2.34. The molecule has 0 aliphatic carbocycles. The van der Waals surface area contributed by atoms with E-state index in [2.05, 4.69) is 22.9 Å². The van der Waals surface area contributed by atoms with Crippen LogP contribution < -0.4 is 0 Å². The van der Waals surface area contributed by atoms with E-state index in [1.165, 1.54) is 12.8 Å². The molecule has 1 aliphatic heterocycles. The zero-order valence-corrected chi connectivity index (χ0v) is 7.36. The molecular formula is C7H13BrO. The Kier molecular flexibility index (Phi) is 2.99. The minimum atomic E-state index is 0.495. The highest BCUT2D eigenvalue weighted by atomic mass is 79.9. The smallest absolute Gasteiger partial charge is 0.0675 e. The molecule has 9 heavy (non-hydrogen) atoms. The normalized spacial score (nSPS) is 35.3. The molecule has 2 unspecified atom stereocenters. The van der Waals surface area contributed by atoms with Gasteiger partial charge in [-0.2, -0.15) is 0 Å². The van der Waals surface area contributed by atoms with Crippen LogP contribution in [0.2, 0.25) is 0 Å². The molecule has 1 nitrogen and oxygen atoms in total. The van der Waals surface area contributed by atoms with Crippen molar-refractivity contribution in [2.45, 2.75) is 25.9 Å². The summed E-state index contributed by atoms with van der Waals surface area (Å²) in [5.74, 6) is 0.826. The van der Waals surface area contributed by atoms with Crippen LogP contribution in [0.3, 0.4) is 0 Å². The van der Waals surface area contributed by atoms with Crippen LogP contribution in [0.1, 0.15) is 19.8 Å². The fourth-order valence-corrected chi connectivity index (χ4v) is 1.62. The molecule has 0 N–H and O–H groups in total. The maximum absolute atomic E-state index is 5.46. The molecule has 1 rings (SSSR count). The Bertz CT molecular complexity index is 75.0. The molecule has 0 bridgehead atoms. The van der Waals surface area contributed by atoms with Gasteiger partial charge in [-0.05, 0) is 12.3 Å². The molecule has 0 radical (unpaired) electrons. The van der Waals surface area contributed by atoms with Crippen molar-refractivity contribution in [2.75, 3.05) is 11.9 Å². The summed E-state index contributed by atoms with van der Waals surface area (Å²) in [7, 11) is 0. The van der Waals surface area contributed by atoms with Gasteiger partial charge in [-0.25, -0.2) is 0 Å². The van der Waals surface area contributed by atoms with Crippen LogP contribution in [-0.4, -0.2) is 18.0 Å². The molecule has 0 aromatic carbocycles. The van der Waals surface area contributed by atoms with Crippen molar-refractivity contribution >= 4 is 15.9 Å². The van der Waals surface area contributed by atoms with E-state index in [4.69, 9.17) is 4.74 Å². The van der Waals surface area contributed by atoms with Gasteiger partial charge in [0.05, 0.1) is 6.10 Å².